The van der Waals surface area contributed by atoms with Crippen LogP contribution in [-0.4, -0.2) is 33.2 Å². The van der Waals surface area contributed by atoms with Gasteiger partial charge in [-0.05, 0) is 18.8 Å². The van der Waals surface area contributed by atoms with Gasteiger partial charge in [0.2, 0.25) is 0 Å². The van der Waals surface area contributed by atoms with Crippen molar-refractivity contribution in [2.75, 3.05) is 12.1 Å². The van der Waals surface area contributed by atoms with E-state index in [4.69, 9.17) is 0 Å². The van der Waals surface area contributed by atoms with Gasteiger partial charge in [-0.25, -0.2) is 0 Å². The molecular formula is C18H13F2IrN6. The zero-order valence-electron chi connectivity index (χ0n) is 14.0. The first-order valence-electron chi connectivity index (χ1n) is 7.51. The molecule has 0 saturated carbocycles. The summed E-state index contributed by atoms with van der Waals surface area (Å²) < 4.78 is 25.5. The van der Waals surface area contributed by atoms with Crippen LogP contribution in [0.25, 0.3) is 11.4 Å². The third-order valence-corrected chi connectivity index (χ3v) is 3.12. The van der Waals surface area contributed by atoms with Crippen molar-refractivity contribution in [2.24, 2.45) is 5.10 Å². The van der Waals surface area contributed by atoms with Crippen LogP contribution >= 0.6 is 0 Å². The molecule has 0 N–H and O–H groups in total. The number of nitrogens with zero attached hydrogens (tertiary/aromatic N) is 6. The fourth-order valence-corrected chi connectivity index (χ4v) is 1.98. The van der Waals surface area contributed by atoms with Gasteiger partial charge in [0.25, 0.3) is 0 Å². The van der Waals surface area contributed by atoms with E-state index >= 15 is 0 Å². The van der Waals surface area contributed by atoms with Gasteiger partial charge in [-0.15, -0.1) is 48.6 Å². The molecule has 138 valence electrons. The van der Waals surface area contributed by atoms with E-state index in [9.17, 15) is 8.78 Å². The van der Waals surface area contributed by atoms with E-state index in [2.05, 4.69) is 32.2 Å². The average molecular weight is 544 g/mol. The van der Waals surface area contributed by atoms with Crippen LogP contribution in [0.4, 0.5) is 14.5 Å². The van der Waals surface area contributed by atoms with Crippen molar-refractivity contribution < 1.29 is 28.9 Å². The van der Waals surface area contributed by atoms with Gasteiger partial charge in [0.05, 0.1) is 18.1 Å². The number of halogens is 2. The number of hydrogen-bond donors (Lipinski definition) is 0. The Balaban J connectivity index is 0.000000189. The molecule has 0 bridgehead atoms. The van der Waals surface area contributed by atoms with Crippen molar-refractivity contribution >= 4 is 12.0 Å². The maximum Gasteiger partial charge on any atom is 3.00 e. The Kier molecular flexibility index (Phi) is 7.45. The molecule has 0 amide bonds. The van der Waals surface area contributed by atoms with Crippen molar-refractivity contribution in [3.8, 4) is 11.4 Å². The Hall–Kier alpha value is -2.77. The summed E-state index contributed by atoms with van der Waals surface area (Å²) in [5.74, 6) is -1.12. The van der Waals surface area contributed by atoms with Crippen LogP contribution < -0.4 is 5.01 Å². The molecule has 3 aromatic rings. The third-order valence-electron chi connectivity index (χ3n) is 3.12. The molecule has 1 aliphatic rings. The summed E-state index contributed by atoms with van der Waals surface area (Å²) in [6.07, 6.45) is 4.93. The Bertz CT molecular complexity index is 842. The first-order valence-corrected chi connectivity index (χ1v) is 7.51. The van der Waals surface area contributed by atoms with Crippen molar-refractivity contribution in [1.82, 2.24) is 19.9 Å². The molecule has 4 rings (SSSR count). The minimum Gasteiger partial charge on any atom is -0.493 e. The second-order valence-corrected chi connectivity index (χ2v) is 5.07. The zero-order chi connectivity index (χ0) is 18.4. The standard InChI is InChI=1S/C10H7N2.C8H6F2N4.Ir/c1-2-5-9(6-3-1)10-11-7-4-8-12-10;1-13-4-11-14(5-13)6-2-3-7(9)12-8(6)10;/h1-5,7-8H;3-5H,1H3;/q-1;-2;+3. The predicted octanol–water partition coefficient (Wildman–Crippen LogP) is 2.92. The number of rotatable bonds is 2. The second kappa shape index (κ2) is 9.80. The van der Waals surface area contributed by atoms with E-state index in [1.165, 1.54) is 18.0 Å². The summed E-state index contributed by atoms with van der Waals surface area (Å²) in [6, 6.07) is 15.9. The molecule has 3 heterocycles. The van der Waals surface area contributed by atoms with Crippen LogP contribution in [0.15, 0.2) is 53.9 Å². The van der Waals surface area contributed by atoms with Crippen LogP contribution in [0.2, 0.25) is 0 Å². The summed E-state index contributed by atoms with van der Waals surface area (Å²) in [5.41, 5.74) is 0.921. The van der Waals surface area contributed by atoms with Crippen LogP contribution in [0.1, 0.15) is 0 Å². The normalized spacial score (nSPS) is 12.3. The van der Waals surface area contributed by atoms with Gasteiger partial charge >= 0.3 is 20.1 Å². The van der Waals surface area contributed by atoms with Crippen molar-refractivity contribution in [3.05, 3.63) is 79.5 Å². The maximum atomic E-state index is 13.1. The Labute approximate surface area is 168 Å². The summed E-state index contributed by atoms with van der Waals surface area (Å²) in [5, 5.41) is 5.05. The molecule has 0 radical (unpaired) electrons. The Morgan fingerprint density at radius 1 is 1.07 bits per heavy atom. The number of anilines is 1. The topological polar surface area (TPSA) is 57.5 Å². The summed E-state index contributed by atoms with van der Waals surface area (Å²) in [4.78, 5) is 12.9. The minimum atomic E-state index is -0.936. The van der Waals surface area contributed by atoms with Crippen molar-refractivity contribution in [2.45, 2.75) is 0 Å². The molecule has 0 atom stereocenters. The zero-order valence-corrected chi connectivity index (χ0v) is 16.4. The van der Waals surface area contributed by atoms with E-state index < -0.39 is 11.9 Å². The van der Waals surface area contributed by atoms with Gasteiger partial charge in [0.1, 0.15) is 5.95 Å². The van der Waals surface area contributed by atoms with Gasteiger partial charge in [0.15, 0.2) is 0 Å². The number of benzene rings is 1. The third kappa shape index (κ3) is 5.60. The summed E-state index contributed by atoms with van der Waals surface area (Å²) in [7, 11) is 1.73. The average Bonchev–Trinajstić information content (AvgIpc) is 3.10. The van der Waals surface area contributed by atoms with Gasteiger partial charge in [-0.2, -0.15) is 11.2 Å². The monoisotopic (exact) mass is 544 g/mol. The number of pyridine rings is 1. The number of hydrazone groups is 1. The molecule has 6 nitrogen and oxygen atoms in total. The van der Waals surface area contributed by atoms with Crippen LogP contribution in [0.5, 0.6) is 0 Å². The fourth-order valence-electron chi connectivity index (χ4n) is 1.98. The van der Waals surface area contributed by atoms with Crippen LogP contribution in [-0.2, 0) is 20.1 Å². The van der Waals surface area contributed by atoms with Gasteiger partial charge in [-0.1, -0.05) is 0 Å². The number of aromatic nitrogens is 3. The first-order chi connectivity index (χ1) is 12.6. The van der Waals surface area contributed by atoms with Gasteiger partial charge in [-0.3, -0.25) is 18.7 Å². The molecule has 9 heteroatoms. The molecule has 2 aromatic heterocycles. The van der Waals surface area contributed by atoms with E-state index in [1.807, 2.05) is 24.3 Å². The molecule has 0 fully saturated rings. The van der Waals surface area contributed by atoms with Crippen LogP contribution in [0.3, 0.4) is 0 Å². The Morgan fingerprint density at radius 3 is 2.44 bits per heavy atom. The SMILES string of the molecule is CN1C=NN(c2[c-]cc(F)nc2F)[CH-]1.[Ir+3].[c-]1ccccc1-c1ncccn1. The van der Waals surface area contributed by atoms with E-state index in [0.717, 1.165) is 17.5 Å². The molecule has 1 aromatic carbocycles. The predicted molar refractivity (Wildman–Crippen MR) is 92.3 cm³/mol. The van der Waals surface area contributed by atoms with Gasteiger partial charge in [0, 0.05) is 12.4 Å². The van der Waals surface area contributed by atoms with Gasteiger partial charge < -0.3 is 14.9 Å². The summed E-state index contributed by atoms with van der Waals surface area (Å²) >= 11 is 0. The first kappa shape index (κ1) is 20.5. The summed E-state index contributed by atoms with van der Waals surface area (Å²) in [6.45, 7) is 1.52. The fraction of sp³-hybridized carbons (Fsp3) is 0.0556. The molecule has 0 spiro atoms. The number of hydrogen-bond acceptors (Lipinski definition) is 6. The molecule has 0 unspecified atom stereocenters. The molecule has 1 aliphatic heterocycles. The van der Waals surface area contributed by atoms with Crippen molar-refractivity contribution in [3.63, 3.8) is 0 Å². The Morgan fingerprint density at radius 2 is 1.85 bits per heavy atom. The molecular weight excluding hydrogens is 530 g/mol. The molecule has 27 heavy (non-hydrogen) atoms. The molecule has 0 aliphatic carbocycles. The smallest absolute Gasteiger partial charge is 0.493 e. The van der Waals surface area contributed by atoms with Crippen LogP contribution in [0, 0.1) is 30.7 Å². The van der Waals surface area contributed by atoms with E-state index in [0.29, 0.717) is 0 Å². The molecule has 0 saturated heterocycles. The largest absolute Gasteiger partial charge is 3.00 e. The minimum absolute atomic E-state index is 0. The second-order valence-electron chi connectivity index (χ2n) is 5.07. The van der Waals surface area contributed by atoms with E-state index in [-0.39, 0.29) is 25.8 Å². The van der Waals surface area contributed by atoms with Crippen molar-refractivity contribution in [1.29, 1.82) is 0 Å². The quantitative estimate of drug-likeness (QED) is 0.368. The maximum absolute atomic E-state index is 13.1. The van der Waals surface area contributed by atoms with E-state index in [1.54, 1.807) is 30.4 Å².